The molecule has 0 aliphatic heterocycles. The van der Waals surface area contributed by atoms with Crippen LogP contribution in [-0.2, 0) is 16.1 Å². The van der Waals surface area contributed by atoms with Gasteiger partial charge < -0.3 is 15.2 Å². The van der Waals surface area contributed by atoms with E-state index in [9.17, 15) is 4.79 Å². The van der Waals surface area contributed by atoms with Crippen molar-refractivity contribution in [2.75, 3.05) is 18.9 Å². The predicted molar refractivity (Wildman–Crippen MR) is 83.8 cm³/mol. The Bertz CT molecular complexity index is 801. The van der Waals surface area contributed by atoms with Crippen molar-refractivity contribution in [3.8, 4) is 0 Å². The molecule has 0 amide bonds. The van der Waals surface area contributed by atoms with Crippen LogP contribution < -0.4 is 5.73 Å². The third kappa shape index (κ3) is 3.83. The summed E-state index contributed by atoms with van der Waals surface area (Å²) in [6, 6.07) is 12.4. The molecule has 0 atom stereocenters. The topological polar surface area (TPSA) is 91.7 Å². The van der Waals surface area contributed by atoms with Crippen LogP contribution in [0.15, 0.2) is 48.7 Å². The van der Waals surface area contributed by atoms with Crippen molar-refractivity contribution in [2.24, 2.45) is 0 Å². The van der Waals surface area contributed by atoms with Crippen LogP contribution in [0.3, 0.4) is 0 Å². The lowest BCUT2D eigenvalue weighted by Gasteiger charge is -2.04. The highest BCUT2D eigenvalue weighted by Crippen LogP contribution is 2.06. The summed E-state index contributed by atoms with van der Waals surface area (Å²) in [6.07, 6.45) is 1.69. The Balaban J connectivity index is 1.43. The highest BCUT2D eigenvalue weighted by molar-refractivity contribution is 5.89. The van der Waals surface area contributed by atoms with E-state index < -0.39 is 0 Å². The standard InChI is InChI=1S/C16H16N4O3/c17-13-6-7-15-18-14(19-20(15)10-13)11-22-8-9-23-16(21)12-4-2-1-3-5-12/h1-7,10H,8-9,11,17H2. The lowest BCUT2D eigenvalue weighted by Crippen LogP contribution is -2.11. The van der Waals surface area contributed by atoms with Crippen LogP contribution in [-0.4, -0.2) is 33.8 Å². The number of ether oxygens (including phenoxy) is 2. The van der Waals surface area contributed by atoms with E-state index in [-0.39, 0.29) is 25.8 Å². The number of benzene rings is 1. The number of fused-ring (bicyclic) bond motifs is 1. The maximum Gasteiger partial charge on any atom is 0.338 e. The molecule has 118 valence electrons. The summed E-state index contributed by atoms with van der Waals surface area (Å²) >= 11 is 0. The molecular formula is C16H16N4O3. The quantitative estimate of drug-likeness (QED) is 0.550. The molecule has 1 aromatic carbocycles. The van der Waals surface area contributed by atoms with E-state index in [4.69, 9.17) is 15.2 Å². The fourth-order valence-corrected chi connectivity index (χ4v) is 2.02. The Hall–Kier alpha value is -2.93. The second-order valence-electron chi connectivity index (χ2n) is 4.85. The van der Waals surface area contributed by atoms with Crippen molar-refractivity contribution in [1.82, 2.24) is 14.6 Å². The minimum Gasteiger partial charge on any atom is -0.460 e. The third-order valence-corrected chi connectivity index (χ3v) is 3.10. The molecule has 0 aliphatic carbocycles. The summed E-state index contributed by atoms with van der Waals surface area (Å²) in [5.41, 5.74) is 7.52. The van der Waals surface area contributed by atoms with Crippen LogP contribution >= 0.6 is 0 Å². The van der Waals surface area contributed by atoms with Crippen LogP contribution in [0.5, 0.6) is 0 Å². The van der Waals surface area contributed by atoms with Gasteiger partial charge in [-0.05, 0) is 24.3 Å². The Kier molecular flexibility index (Phi) is 4.49. The summed E-state index contributed by atoms with van der Waals surface area (Å²) < 4.78 is 12.1. The highest BCUT2D eigenvalue weighted by atomic mass is 16.6. The molecule has 2 aromatic heterocycles. The van der Waals surface area contributed by atoms with E-state index in [1.165, 1.54) is 0 Å². The first kappa shape index (κ1) is 15.0. The number of aromatic nitrogens is 3. The molecule has 0 saturated carbocycles. The van der Waals surface area contributed by atoms with Crippen molar-refractivity contribution in [1.29, 1.82) is 0 Å². The van der Waals surface area contributed by atoms with Crippen LogP contribution in [0.1, 0.15) is 16.2 Å². The lowest BCUT2D eigenvalue weighted by molar-refractivity contribution is 0.0279. The number of rotatable bonds is 6. The number of pyridine rings is 1. The minimum atomic E-state index is -0.365. The van der Waals surface area contributed by atoms with E-state index in [0.29, 0.717) is 22.7 Å². The number of nitrogens with zero attached hydrogens (tertiary/aromatic N) is 3. The average Bonchev–Trinajstić information content (AvgIpc) is 2.97. The van der Waals surface area contributed by atoms with Gasteiger partial charge in [0.2, 0.25) is 0 Å². The predicted octanol–water partition coefficient (Wildman–Crippen LogP) is 1.69. The first-order valence-electron chi connectivity index (χ1n) is 7.13. The van der Waals surface area contributed by atoms with E-state index in [1.807, 2.05) is 6.07 Å². The molecule has 0 aliphatic rings. The van der Waals surface area contributed by atoms with Gasteiger partial charge >= 0.3 is 5.97 Å². The van der Waals surface area contributed by atoms with E-state index >= 15 is 0 Å². The fourth-order valence-electron chi connectivity index (χ4n) is 2.02. The highest BCUT2D eigenvalue weighted by Gasteiger charge is 2.06. The molecule has 7 heteroatoms. The van der Waals surface area contributed by atoms with Gasteiger partial charge in [-0.25, -0.2) is 14.3 Å². The van der Waals surface area contributed by atoms with Crippen LogP contribution in [0, 0.1) is 0 Å². The first-order chi connectivity index (χ1) is 11.2. The molecule has 0 unspecified atom stereocenters. The Labute approximate surface area is 132 Å². The van der Waals surface area contributed by atoms with Gasteiger partial charge in [-0.1, -0.05) is 18.2 Å². The number of nitrogens with two attached hydrogens (primary N) is 1. The first-order valence-corrected chi connectivity index (χ1v) is 7.13. The third-order valence-electron chi connectivity index (χ3n) is 3.10. The van der Waals surface area contributed by atoms with Crippen molar-refractivity contribution >= 4 is 17.3 Å². The molecule has 3 aromatic rings. The average molecular weight is 312 g/mol. The van der Waals surface area contributed by atoms with Gasteiger partial charge in [-0.15, -0.1) is 5.10 Å². The second kappa shape index (κ2) is 6.89. The van der Waals surface area contributed by atoms with Gasteiger partial charge in [-0.2, -0.15) is 0 Å². The van der Waals surface area contributed by atoms with Gasteiger partial charge in [-0.3, -0.25) is 0 Å². The Morgan fingerprint density at radius 2 is 1.96 bits per heavy atom. The Morgan fingerprint density at radius 1 is 1.13 bits per heavy atom. The molecule has 0 radical (unpaired) electrons. The summed E-state index contributed by atoms with van der Waals surface area (Å²) in [7, 11) is 0. The molecule has 0 bridgehead atoms. The molecule has 2 heterocycles. The zero-order valence-corrected chi connectivity index (χ0v) is 12.4. The fraction of sp³-hybridized carbons (Fsp3) is 0.188. The van der Waals surface area contributed by atoms with Gasteiger partial charge in [0.05, 0.1) is 24.1 Å². The molecular weight excluding hydrogens is 296 g/mol. The van der Waals surface area contributed by atoms with E-state index in [2.05, 4.69) is 10.1 Å². The molecule has 2 N–H and O–H groups in total. The summed E-state index contributed by atoms with van der Waals surface area (Å²) in [5.74, 6) is 0.181. The summed E-state index contributed by atoms with van der Waals surface area (Å²) in [4.78, 5) is 16.0. The number of hydrogen-bond donors (Lipinski definition) is 1. The van der Waals surface area contributed by atoms with E-state index in [0.717, 1.165) is 0 Å². The van der Waals surface area contributed by atoms with Crippen molar-refractivity contribution in [3.63, 3.8) is 0 Å². The number of anilines is 1. The minimum absolute atomic E-state index is 0.175. The SMILES string of the molecule is Nc1ccc2nc(COCCOC(=O)c3ccccc3)nn2c1. The Morgan fingerprint density at radius 3 is 2.78 bits per heavy atom. The van der Waals surface area contributed by atoms with Gasteiger partial charge in [0.1, 0.15) is 13.2 Å². The lowest BCUT2D eigenvalue weighted by atomic mass is 10.2. The van der Waals surface area contributed by atoms with Crippen molar-refractivity contribution in [3.05, 3.63) is 60.0 Å². The number of hydrogen-bond acceptors (Lipinski definition) is 6. The zero-order chi connectivity index (χ0) is 16.1. The number of esters is 1. The van der Waals surface area contributed by atoms with Crippen LogP contribution in [0.4, 0.5) is 5.69 Å². The monoisotopic (exact) mass is 312 g/mol. The van der Waals surface area contributed by atoms with Crippen molar-refractivity contribution in [2.45, 2.75) is 6.61 Å². The van der Waals surface area contributed by atoms with Crippen LogP contribution in [0.2, 0.25) is 0 Å². The zero-order valence-electron chi connectivity index (χ0n) is 12.4. The smallest absolute Gasteiger partial charge is 0.338 e. The normalized spacial score (nSPS) is 10.8. The molecule has 0 saturated heterocycles. The van der Waals surface area contributed by atoms with Gasteiger partial charge in [0.15, 0.2) is 11.5 Å². The molecule has 0 spiro atoms. The van der Waals surface area contributed by atoms with Crippen molar-refractivity contribution < 1.29 is 14.3 Å². The molecule has 23 heavy (non-hydrogen) atoms. The molecule has 3 rings (SSSR count). The van der Waals surface area contributed by atoms with Gasteiger partial charge in [0, 0.05) is 0 Å². The summed E-state index contributed by atoms with van der Waals surface area (Å²) in [6.45, 7) is 0.689. The van der Waals surface area contributed by atoms with Gasteiger partial charge in [0.25, 0.3) is 0 Å². The number of carbonyl (C=O) groups excluding carboxylic acids is 1. The molecule has 0 fully saturated rings. The maximum atomic E-state index is 11.7. The summed E-state index contributed by atoms with van der Waals surface area (Å²) in [5, 5.41) is 4.25. The van der Waals surface area contributed by atoms with Crippen LogP contribution in [0.25, 0.3) is 5.65 Å². The molecule has 7 nitrogen and oxygen atoms in total. The second-order valence-corrected chi connectivity index (χ2v) is 4.85. The number of carbonyl (C=O) groups is 1. The van der Waals surface area contributed by atoms with E-state index in [1.54, 1.807) is 47.1 Å². The number of nitrogen functional groups attached to an aromatic ring is 1. The maximum absolute atomic E-state index is 11.7. The largest absolute Gasteiger partial charge is 0.460 e.